The maximum absolute atomic E-state index is 4.24. The summed E-state index contributed by atoms with van der Waals surface area (Å²) in [5.41, 5.74) is 4.77. The van der Waals surface area contributed by atoms with Gasteiger partial charge in [-0.15, -0.1) is 10.2 Å². The number of hydrogen-bond acceptors (Lipinski definition) is 4. The Kier molecular flexibility index (Phi) is 4.36. The fourth-order valence-electron chi connectivity index (χ4n) is 3.60. The van der Waals surface area contributed by atoms with Crippen LogP contribution in [0.1, 0.15) is 29.2 Å². The van der Waals surface area contributed by atoms with E-state index in [4.69, 9.17) is 0 Å². The van der Waals surface area contributed by atoms with Crippen molar-refractivity contribution in [3.05, 3.63) is 53.2 Å². The van der Waals surface area contributed by atoms with Crippen molar-refractivity contribution in [2.75, 3.05) is 6.54 Å². The fourth-order valence-corrected chi connectivity index (χ4v) is 3.60. The van der Waals surface area contributed by atoms with Crippen LogP contribution in [0.3, 0.4) is 0 Å². The number of H-pyrrole nitrogens is 1. The third-order valence-corrected chi connectivity index (χ3v) is 5.00. The summed E-state index contributed by atoms with van der Waals surface area (Å²) in [5, 5.41) is 19.4. The molecule has 1 aliphatic heterocycles. The summed E-state index contributed by atoms with van der Waals surface area (Å²) in [5.74, 6) is 2.78. The number of hydrogen-bond donors (Lipinski definition) is 2. The van der Waals surface area contributed by atoms with Gasteiger partial charge in [-0.2, -0.15) is 5.10 Å². The van der Waals surface area contributed by atoms with Crippen LogP contribution in [0.4, 0.5) is 0 Å². The third-order valence-electron chi connectivity index (χ3n) is 5.00. The second-order valence-corrected chi connectivity index (χ2v) is 6.95. The second-order valence-electron chi connectivity index (χ2n) is 6.95. The van der Waals surface area contributed by atoms with Crippen molar-refractivity contribution in [1.29, 1.82) is 0 Å². The van der Waals surface area contributed by atoms with Gasteiger partial charge in [-0.3, -0.25) is 5.10 Å². The molecule has 2 N–H and O–H groups in total. The molecule has 1 atom stereocenters. The number of nitrogens with zero attached hydrogens (tertiary/aromatic N) is 4. The number of nitrogens with one attached hydrogen (secondary N) is 2. The first-order chi connectivity index (χ1) is 12.2. The molecule has 3 aromatic rings. The van der Waals surface area contributed by atoms with Gasteiger partial charge in [0.05, 0.1) is 11.9 Å². The maximum atomic E-state index is 4.24. The molecule has 1 aliphatic rings. The van der Waals surface area contributed by atoms with Crippen LogP contribution in [0.25, 0.3) is 11.3 Å². The van der Waals surface area contributed by atoms with Crippen LogP contribution in [0.5, 0.6) is 0 Å². The Morgan fingerprint density at radius 3 is 3.08 bits per heavy atom. The largest absolute Gasteiger partial charge is 0.315 e. The zero-order chi connectivity index (χ0) is 17.2. The number of aromatic amines is 1. The Balaban J connectivity index is 1.37. The molecular formula is C19H24N6. The monoisotopic (exact) mass is 336 g/mol. The van der Waals surface area contributed by atoms with Gasteiger partial charge >= 0.3 is 0 Å². The van der Waals surface area contributed by atoms with E-state index in [1.165, 1.54) is 23.1 Å². The van der Waals surface area contributed by atoms with Gasteiger partial charge in [0.1, 0.15) is 11.6 Å². The molecule has 130 valence electrons. The van der Waals surface area contributed by atoms with Crippen molar-refractivity contribution in [3.63, 3.8) is 0 Å². The predicted octanol–water partition coefficient (Wildman–Crippen LogP) is 2.64. The third kappa shape index (κ3) is 3.35. The molecule has 6 heteroatoms. The molecule has 25 heavy (non-hydrogen) atoms. The summed E-state index contributed by atoms with van der Waals surface area (Å²) in [4.78, 5) is 0. The van der Waals surface area contributed by atoms with E-state index in [2.05, 4.69) is 61.5 Å². The highest BCUT2D eigenvalue weighted by Gasteiger charge is 2.21. The normalized spacial score (nSPS) is 16.8. The molecule has 0 bridgehead atoms. The van der Waals surface area contributed by atoms with Gasteiger partial charge in [-0.1, -0.05) is 23.8 Å². The van der Waals surface area contributed by atoms with E-state index in [0.29, 0.717) is 5.92 Å². The lowest BCUT2D eigenvalue weighted by Crippen LogP contribution is -2.30. The molecule has 0 spiro atoms. The number of benzene rings is 1. The molecule has 0 fully saturated rings. The number of fused-ring (bicyclic) bond motifs is 1. The topological polar surface area (TPSA) is 71.4 Å². The highest BCUT2D eigenvalue weighted by molar-refractivity contribution is 5.63. The first kappa shape index (κ1) is 16.0. The van der Waals surface area contributed by atoms with Crippen LogP contribution in [0, 0.1) is 19.8 Å². The van der Waals surface area contributed by atoms with E-state index < -0.39 is 0 Å². The lowest BCUT2D eigenvalue weighted by atomic mass is 9.99. The molecule has 0 radical (unpaired) electrons. The zero-order valence-corrected chi connectivity index (χ0v) is 14.8. The predicted molar refractivity (Wildman–Crippen MR) is 97.0 cm³/mol. The maximum Gasteiger partial charge on any atom is 0.133 e. The van der Waals surface area contributed by atoms with Crippen LogP contribution in [-0.4, -0.2) is 31.5 Å². The molecule has 0 saturated carbocycles. The Bertz CT molecular complexity index is 862. The minimum absolute atomic E-state index is 0.622. The summed E-state index contributed by atoms with van der Waals surface area (Å²) in [6.07, 6.45) is 4.11. The van der Waals surface area contributed by atoms with Crippen LogP contribution in [-0.2, 0) is 19.5 Å². The average molecular weight is 336 g/mol. The summed E-state index contributed by atoms with van der Waals surface area (Å²) < 4.78 is 2.26. The number of aryl methyl sites for hydroxylation is 3. The van der Waals surface area contributed by atoms with Crippen LogP contribution in [0.15, 0.2) is 30.5 Å². The first-order valence-electron chi connectivity index (χ1n) is 8.89. The number of rotatable bonds is 5. The van der Waals surface area contributed by atoms with Gasteiger partial charge in [-0.25, -0.2) is 0 Å². The van der Waals surface area contributed by atoms with E-state index in [1.54, 1.807) is 0 Å². The molecule has 3 heterocycles. The van der Waals surface area contributed by atoms with Gasteiger partial charge in [-0.05, 0) is 38.8 Å². The number of aromatic nitrogens is 5. The second kappa shape index (κ2) is 6.80. The summed E-state index contributed by atoms with van der Waals surface area (Å²) in [6.45, 7) is 6.98. The van der Waals surface area contributed by atoms with E-state index in [1.807, 2.05) is 13.1 Å². The quantitative estimate of drug-likeness (QED) is 0.751. The Hall–Kier alpha value is -2.47. The Labute approximate surface area is 147 Å². The van der Waals surface area contributed by atoms with Crippen molar-refractivity contribution >= 4 is 0 Å². The molecule has 6 nitrogen and oxygen atoms in total. The Morgan fingerprint density at radius 1 is 1.28 bits per heavy atom. The van der Waals surface area contributed by atoms with Crippen LogP contribution < -0.4 is 5.32 Å². The van der Waals surface area contributed by atoms with Gasteiger partial charge in [0.2, 0.25) is 0 Å². The molecular weight excluding hydrogens is 312 g/mol. The molecule has 4 rings (SSSR count). The van der Waals surface area contributed by atoms with E-state index >= 15 is 0 Å². The minimum atomic E-state index is 0.622. The van der Waals surface area contributed by atoms with Crippen molar-refractivity contribution in [2.45, 2.75) is 39.8 Å². The SMILES string of the molecule is Cc1cccc(-c2[nH]ncc2CNC[C@@H]2CCc3nnc(C)n3C2)c1. The summed E-state index contributed by atoms with van der Waals surface area (Å²) >= 11 is 0. The van der Waals surface area contributed by atoms with Crippen molar-refractivity contribution < 1.29 is 0 Å². The standard InChI is InChI=1S/C19H24N6/c1-13-4-3-5-16(8-13)19-17(11-21-24-19)10-20-9-15-6-7-18-23-22-14(2)25(18)12-15/h3-5,8,11,15,20H,6-7,9-10,12H2,1-2H3,(H,21,24)/t15-/m0/s1. The van der Waals surface area contributed by atoms with Gasteiger partial charge < -0.3 is 9.88 Å². The smallest absolute Gasteiger partial charge is 0.133 e. The van der Waals surface area contributed by atoms with Gasteiger partial charge in [0.25, 0.3) is 0 Å². The highest BCUT2D eigenvalue weighted by atomic mass is 15.3. The molecule has 2 aromatic heterocycles. The lowest BCUT2D eigenvalue weighted by molar-refractivity contribution is 0.344. The van der Waals surface area contributed by atoms with Crippen LogP contribution >= 0.6 is 0 Å². The molecule has 0 saturated heterocycles. The summed E-state index contributed by atoms with van der Waals surface area (Å²) in [6, 6.07) is 8.52. The molecule has 1 aromatic carbocycles. The van der Waals surface area contributed by atoms with E-state index in [9.17, 15) is 0 Å². The highest BCUT2D eigenvalue weighted by Crippen LogP contribution is 2.23. The van der Waals surface area contributed by atoms with Crippen molar-refractivity contribution in [3.8, 4) is 11.3 Å². The fraction of sp³-hybridized carbons (Fsp3) is 0.421. The van der Waals surface area contributed by atoms with Crippen molar-refractivity contribution in [1.82, 2.24) is 30.3 Å². The lowest BCUT2D eigenvalue weighted by Gasteiger charge is -2.24. The average Bonchev–Trinajstić information content (AvgIpc) is 3.22. The Morgan fingerprint density at radius 2 is 2.20 bits per heavy atom. The summed E-state index contributed by atoms with van der Waals surface area (Å²) in [7, 11) is 0. The molecule has 0 amide bonds. The first-order valence-corrected chi connectivity index (χ1v) is 8.89. The molecule has 0 aliphatic carbocycles. The zero-order valence-electron chi connectivity index (χ0n) is 14.8. The van der Waals surface area contributed by atoms with Gasteiger partial charge in [0, 0.05) is 30.6 Å². The van der Waals surface area contributed by atoms with Crippen molar-refractivity contribution in [2.24, 2.45) is 5.92 Å². The van der Waals surface area contributed by atoms with E-state index in [0.717, 1.165) is 43.4 Å². The van der Waals surface area contributed by atoms with Crippen LogP contribution in [0.2, 0.25) is 0 Å². The minimum Gasteiger partial charge on any atom is -0.315 e. The van der Waals surface area contributed by atoms with E-state index in [-0.39, 0.29) is 0 Å². The molecule has 0 unspecified atom stereocenters. The van der Waals surface area contributed by atoms with Gasteiger partial charge in [0.15, 0.2) is 0 Å².